The van der Waals surface area contributed by atoms with E-state index in [0.717, 1.165) is 19.4 Å². The Bertz CT molecular complexity index is 1190. The fraction of sp³-hybridized carbons (Fsp3) is 0.458. The third-order valence-corrected chi connectivity index (χ3v) is 6.00. The number of rotatable bonds is 0. The first-order valence-corrected chi connectivity index (χ1v) is 11.3. The number of hydrogen-bond acceptors (Lipinski definition) is 6. The summed E-state index contributed by atoms with van der Waals surface area (Å²) in [5.74, 6) is 0.642. The Morgan fingerprint density at radius 1 is 1.18 bits per heavy atom. The molecule has 3 aromatic rings. The van der Waals surface area contributed by atoms with Gasteiger partial charge in [-0.1, -0.05) is 0 Å². The number of halogens is 1. The predicted octanol–water partition coefficient (Wildman–Crippen LogP) is 4.13. The molecule has 2 aliphatic heterocycles. The van der Waals surface area contributed by atoms with Crippen LogP contribution >= 0.6 is 0 Å². The first-order valence-electron chi connectivity index (χ1n) is 11.3. The average molecular weight is 454 g/mol. The van der Waals surface area contributed by atoms with Gasteiger partial charge in [-0.15, -0.1) is 5.10 Å². The van der Waals surface area contributed by atoms with Gasteiger partial charge in [0.05, 0.1) is 11.9 Å². The maximum Gasteiger partial charge on any atom is 0.416 e. The van der Waals surface area contributed by atoms with E-state index >= 15 is 0 Å². The minimum absolute atomic E-state index is 0.225. The summed E-state index contributed by atoms with van der Waals surface area (Å²) in [6, 6.07) is 8.48. The van der Waals surface area contributed by atoms with E-state index in [9.17, 15) is 9.18 Å². The zero-order valence-corrected chi connectivity index (χ0v) is 19.1. The van der Waals surface area contributed by atoms with E-state index in [4.69, 9.17) is 9.47 Å². The Kier molecular flexibility index (Phi) is 5.44. The number of ether oxygens (including phenoxy) is 2. The van der Waals surface area contributed by atoms with E-state index in [-0.39, 0.29) is 6.04 Å². The number of carbonyl (C=O) groups excluding carboxylic acids is 1. The van der Waals surface area contributed by atoms with Crippen molar-refractivity contribution >= 4 is 17.6 Å². The smallest absolute Gasteiger partial charge is 0.416 e. The monoisotopic (exact) mass is 453 g/mol. The van der Waals surface area contributed by atoms with Crippen molar-refractivity contribution in [1.29, 1.82) is 0 Å². The maximum atomic E-state index is 14.8. The lowest BCUT2D eigenvalue weighted by molar-refractivity contribution is 0.0573. The van der Waals surface area contributed by atoms with E-state index in [1.807, 2.05) is 20.8 Å². The number of anilines is 1. The van der Waals surface area contributed by atoms with Gasteiger partial charge in [0.15, 0.2) is 11.5 Å². The number of carbonyl (C=O) groups is 1. The summed E-state index contributed by atoms with van der Waals surface area (Å²) >= 11 is 0. The standard InChI is InChI=1S/C24H28FN5O3/c1-24(2,3)33-23(31)29-12-11-28-10-4-5-16(28)15-32-17-6-7-19(25)18(13-17)20-14-26-21-8-9-22(29)27-30(20)21/h6-9,13-14,16H,4-5,10-12,15H2,1-3H3/t16-/m0/s1. The minimum Gasteiger partial charge on any atom is -0.492 e. The molecule has 1 atom stereocenters. The molecule has 1 fully saturated rings. The van der Waals surface area contributed by atoms with E-state index in [0.29, 0.717) is 48.2 Å². The molecule has 0 aliphatic carbocycles. The number of imidazole rings is 1. The average Bonchev–Trinajstić information content (AvgIpc) is 3.38. The highest BCUT2D eigenvalue weighted by Crippen LogP contribution is 2.29. The van der Waals surface area contributed by atoms with Crippen molar-refractivity contribution < 1.29 is 18.7 Å². The SMILES string of the molecule is CC(C)(C)OC(=O)N1CCN2CCC[C@H]2COc2ccc(F)c(c2)-c2cnc3ccc1nn23. The molecule has 5 rings (SSSR count). The largest absolute Gasteiger partial charge is 0.492 e. The molecule has 9 heteroatoms. The number of amides is 1. The summed E-state index contributed by atoms with van der Waals surface area (Å²) in [6.07, 6.45) is 3.19. The van der Waals surface area contributed by atoms with Gasteiger partial charge in [0.25, 0.3) is 0 Å². The van der Waals surface area contributed by atoms with E-state index in [1.165, 1.54) is 6.07 Å². The number of aromatic nitrogens is 3. The van der Waals surface area contributed by atoms with Crippen LogP contribution in [0.5, 0.6) is 5.75 Å². The Labute approximate surface area is 191 Å². The van der Waals surface area contributed by atoms with Crippen molar-refractivity contribution in [3.8, 4) is 17.0 Å². The van der Waals surface area contributed by atoms with Gasteiger partial charge in [0, 0.05) is 24.7 Å². The first-order chi connectivity index (χ1) is 15.8. The Hall–Kier alpha value is -3.20. The number of nitrogens with zero attached hydrogens (tertiary/aromatic N) is 5. The molecular weight excluding hydrogens is 425 g/mol. The molecule has 8 nitrogen and oxygen atoms in total. The topological polar surface area (TPSA) is 72.2 Å². The summed E-state index contributed by atoms with van der Waals surface area (Å²) < 4.78 is 28.1. The molecule has 0 N–H and O–H groups in total. The Morgan fingerprint density at radius 2 is 2.03 bits per heavy atom. The lowest BCUT2D eigenvalue weighted by Crippen LogP contribution is -2.44. The highest BCUT2D eigenvalue weighted by molar-refractivity contribution is 5.86. The van der Waals surface area contributed by atoms with E-state index < -0.39 is 17.5 Å². The second-order valence-electron chi connectivity index (χ2n) is 9.52. The van der Waals surface area contributed by atoms with Crippen LogP contribution in [0.15, 0.2) is 36.5 Å². The molecule has 2 aliphatic rings. The molecule has 1 saturated heterocycles. The van der Waals surface area contributed by atoms with E-state index in [2.05, 4.69) is 15.0 Å². The second kappa shape index (κ2) is 8.30. The molecule has 2 aromatic heterocycles. The summed E-state index contributed by atoms with van der Waals surface area (Å²) in [6.45, 7) is 8.02. The molecule has 0 radical (unpaired) electrons. The van der Waals surface area contributed by atoms with Crippen molar-refractivity contribution in [1.82, 2.24) is 19.5 Å². The summed E-state index contributed by atoms with van der Waals surface area (Å²) in [7, 11) is 0. The van der Waals surface area contributed by atoms with Gasteiger partial charge in [0.1, 0.15) is 23.8 Å². The van der Waals surface area contributed by atoms with Crippen LogP contribution in [0.25, 0.3) is 16.9 Å². The zero-order valence-electron chi connectivity index (χ0n) is 19.1. The molecule has 33 heavy (non-hydrogen) atoms. The molecule has 0 spiro atoms. The number of benzene rings is 1. The molecule has 0 saturated carbocycles. The van der Waals surface area contributed by atoms with Crippen LogP contribution in [0.4, 0.5) is 15.0 Å². The van der Waals surface area contributed by atoms with Gasteiger partial charge in [-0.3, -0.25) is 9.80 Å². The number of fused-ring (bicyclic) bond motifs is 5. The molecule has 4 bridgehead atoms. The van der Waals surface area contributed by atoms with Crippen LogP contribution in [0.1, 0.15) is 33.6 Å². The molecule has 174 valence electrons. The van der Waals surface area contributed by atoms with Crippen LogP contribution in [0.3, 0.4) is 0 Å². The molecule has 0 unspecified atom stereocenters. The van der Waals surface area contributed by atoms with Gasteiger partial charge < -0.3 is 9.47 Å². The van der Waals surface area contributed by atoms with Gasteiger partial charge in [-0.2, -0.15) is 0 Å². The Morgan fingerprint density at radius 3 is 2.85 bits per heavy atom. The first kappa shape index (κ1) is 21.6. The van der Waals surface area contributed by atoms with Gasteiger partial charge >= 0.3 is 6.09 Å². The lowest BCUT2D eigenvalue weighted by atomic mass is 10.1. The third kappa shape index (κ3) is 4.37. The summed E-state index contributed by atoms with van der Waals surface area (Å²) in [5, 5.41) is 4.67. The van der Waals surface area contributed by atoms with Crippen molar-refractivity contribution in [2.45, 2.75) is 45.3 Å². The number of hydrogen-bond donors (Lipinski definition) is 0. The van der Waals surface area contributed by atoms with Crippen molar-refractivity contribution in [3.05, 3.63) is 42.3 Å². The minimum atomic E-state index is -0.645. The van der Waals surface area contributed by atoms with Crippen LogP contribution < -0.4 is 9.64 Å². The zero-order chi connectivity index (χ0) is 23.2. The van der Waals surface area contributed by atoms with Crippen LogP contribution in [-0.2, 0) is 4.74 Å². The highest BCUT2D eigenvalue weighted by atomic mass is 19.1. The third-order valence-electron chi connectivity index (χ3n) is 6.00. The second-order valence-corrected chi connectivity index (χ2v) is 9.52. The predicted molar refractivity (Wildman–Crippen MR) is 122 cm³/mol. The van der Waals surface area contributed by atoms with Gasteiger partial charge in [0.2, 0.25) is 0 Å². The normalized spacial score (nSPS) is 19.3. The Balaban J connectivity index is 1.63. The fourth-order valence-corrected chi connectivity index (χ4v) is 4.40. The van der Waals surface area contributed by atoms with Gasteiger partial charge in [-0.05, 0) is 70.5 Å². The van der Waals surface area contributed by atoms with Crippen molar-refractivity contribution in [2.24, 2.45) is 0 Å². The highest BCUT2D eigenvalue weighted by Gasteiger charge is 2.30. The maximum absolute atomic E-state index is 14.8. The molecular formula is C24H28FN5O3. The molecule has 1 amide bonds. The van der Waals surface area contributed by atoms with E-state index in [1.54, 1.807) is 39.9 Å². The van der Waals surface area contributed by atoms with Crippen LogP contribution in [-0.4, -0.2) is 63.5 Å². The lowest BCUT2D eigenvalue weighted by Gasteiger charge is -2.30. The van der Waals surface area contributed by atoms with Crippen LogP contribution in [0.2, 0.25) is 0 Å². The molecule has 1 aromatic carbocycles. The quantitative estimate of drug-likeness (QED) is 0.510. The fourth-order valence-electron chi connectivity index (χ4n) is 4.40. The van der Waals surface area contributed by atoms with Crippen molar-refractivity contribution in [2.75, 3.05) is 31.1 Å². The summed E-state index contributed by atoms with van der Waals surface area (Å²) in [4.78, 5) is 21.4. The van der Waals surface area contributed by atoms with Crippen LogP contribution in [0, 0.1) is 5.82 Å². The molecule has 4 heterocycles. The summed E-state index contributed by atoms with van der Waals surface area (Å²) in [5.41, 5.74) is 0.733. The van der Waals surface area contributed by atoms with Crippen molar-refractivity contribution in [3.63, 3.8) is 0 Å². The van der Waals surface area contributed by atoms with Gasteiger partial charge in [-0.25, -0.2) is 18.7 Å².